The molecule has 3 atom stereocenters. The Morgan fingerprint density at radius 2 is 2.07 bits per heavy atom. The van der Waals surface area contributed by atoms with E-state index in [9.17, 15) is 0 Å². The number of azide groups is 1. The molecule has 0 radical (unpaired) electrons. The molecule has 0 aromatic carbocycles. The molecule has 0 unspecified atom stereocenters. The summed E-state index contributed by atoms with van der Waals surface area (Å²) >= 11 is 0. The molecule has 80 valence electrons. The lowest BCUT2D eigenvalue weighted by Crippen LogP contribution is -2.39. The van der Waals surface area contributed by atoms with Crippen LogP contribution in [0.1, 0.15) is 53.4 Å². The van der Waals surface area contributed by atoms with Gasteiger partial charge in [0.1, 0.15) is 0 Å². The average Bonchev–Trinajstić information content (AvgIpc) is 2.01. The highest BCUT2D eigenvalue weighted by Gasteiger charge is 2.40. The molecule has 1 saturated carbocycles. The van der Waals surface area contributed by atoms with E-state index in [0.717, 1.165) is 12.8 Å². The van der Waals surface area contributed by atoms with Crippen molar-refractivity contribution in [3.63, 3.8) is 0 Å². The first-order valence-electron chi connectivity index (χ1n) is 5.49. The Morgan fingerprint density at radius 1 is 1.43 bits per heavy atom. The van der Waals surface area contributed by atoms with Crippen LogP contribution in [0.2, 0.25) is 0 Å². The summed E-state index contributed by atoms with van der Waals surface area (Å²) in [5.74, 6) is 0.671. The van der Waals surface area contributed by atoms with Crippen molar-refractivity contribution in [1.29, 1.82) is 0 Å². The minimum atomic E-state index is -0.156. The van der Waals surface area contributed by atoms with Crippen molar-refractivity contribution in [2.75, 3.05) is 0 Å². The molecule has 3 heteroatoms. The third-order valence-electron chi connectivity index (χ3n) is 3.58. The van der Waals surface area contributed by atoms with Gasteiger partial charge in [0.2, 0.25) is 0 Å². The molecule has 0 spiro atoms. The van der Waals surface area contributed by atoms with Gasteiger partial charge in [0.25, 0.3) is 0 Å². The van der Waals surface area contributed by atoms with Crippen LogP contribution in [-0.4, -0.2) is 5.54 Å². The minimum Gasteiger partial charge on any atom is -0.0875 e. The van der Waals surface area contributed by atoms with Crippen molar-refractivity contribution in [3.8, 4) is 0 Å². The molecule has 14 heavy (non-hydrogen) atoms. The molecular formula is C11H21N3. The Hall–Kier alpha value is -0.690. The summed E-state index contributed by atoms with van der Waals surface area (Å²) in [4.78, 5) is 2.99. The zero-order valence-electron chi connectivity index (χ0n) is 9.75. The number of rotatable bonds is 2. The maximum Gasteiger partial charge on any atom is 0.0467 e. The molecule has 0 aromatic rings. The predicted molar refractivity (Wildman–Crippen MR) is 59.0 cm³/mol. The van der Waals surface area contributed by atoms with Crippen LogP contribution in [0.25, 0.3) is 10.4 Å². The first-order chi connectivity index (χ1) is 6.43. The maximum atomic E-state index is 8.57. The molecule has 1 fully saturated rings. The number of hydrogen-bond acceptors (Lipinski definition) is 1. The summed E-state index contributed by atoms with van der Waals surface area (Å²) in [6, 6.07) is 0. The van der Waals surface area contributed by atoms with E-state index in [4.69, 9.17) is 5.53 Å². The third-order valence-corrected chi connectivity index (χ3v) is 3.58. The third kappa shape index (κ3) is 2.42. The lowest BCUT2D eigenvalue weighted by atomic mass is 9.63. The summed E-state index contributed by atoms with van der Waals surface area (Å²) in [5.41, 5.74) is 8.78. The molecule has 0 aromatic heterocycles. The zero-order valence-corrected chi connectivity index (χ0v) is 9.75. The van der Waals surface area contributed by atoms with Crippen molar-refractivity contribution in [1.82, 2.24) is 0 Å². The Balaban J connectivity index is 2.86. The second-order valence-corrected chi connectivity index (χ2v) is 5.54. The maximum absolute atomic E-state index is 8.57. The highest BCUT2D eigenvalue weighted by Crippen LogP contribution is 2.47. The van der Waals surface area contributed by atoms with Gasteiger partial charge in [0.05, 0.1) is 0 Å². The van der Waals surface area contributed by atoms with E-state index in [1.54, 1.807) is 0 Å². The van der Waals surface area contributed by atoms with Crippen molar-refractivity contribution >= 4 is 0 Å². The van der Waals surface area contributed by atoms with Gasteiger partial charge in [0.15, 0.2) is 0 Å². The molecular weight excluding hydrogens is 174 g/mol. The molecule has 3 nitrogen and oxygen atoms in total. The summed E-state index contributed by atoms with van der Waals surface area (Å²) in [5, 5.41) is 3.99. The Morgan fingerprint density at radius 3 is 2.57 bits per heavy atom. The van der Waals surface area contributed by atoms with Gasteiger partial charge in [-0.2, -0.15) is 0 Å². The van der Waals surface area contributed by atoms with E-state index >= 15 is 0 Å². The van der Waals surface area contributed by atoms with Crippen molar-refractivity contribution in [3.05, 3.63) is 10.4 Å². The van der Waals surface area contributed by atoms with E-state index in [2.05, 4.69) is 37.7 Å². The summed E-state index contributed by atoms with van der Waals surface area (Å²) in [6.45, 7) is 8.90. The predicted octanol–water partition coefficient (Wildman–Crippen LogP) is 4.29. The van der Waals surface area contributed by atoms with Gasteiger partial charge in [-0.1, -0.05) is 39.2 Å². The molecule has 0 bridgehead atoms. The van der Waals surface area contributed by atoms with Gasteiger partial charge in [-0.25, -0.2) is 0 Å². The van der Waals surface area contributed by atoms with Crippen LogP contribution in [0.4, 0.5) is 0 Å². The minimum absolute atomic E-state index is 0.156. The standard InChI is InChI=1S/C11H21N3/c1-5-10(3)6-9(2)7-11(4,8-10)13-14-12/h9H,5-8H2,1-4H3/t9-,10-,11-/m0/s1. The lowest BCUT2D eigenvalue weighted by molar-refractivity contribution is 0.0984. The van der Waals surface area contributed by atoms with Crippen LogP contribution in [-0.2, 0) is 0 Å². The van der Waals surface area contributed by atoms with Gasteiger partial charge in [-0.05, 0) is 36.1 Å². The zero-order chi connectivity index (χ0) is 10.8. The summed E-state index contributed by atoms with van der Waals surface area (Å²) in [7, 11) is 0. The monoisotopic (exact) mass is 195 g/mol. The highest BCUT2D eigenvalue weighted by atomic mass is 15.2. The van der Waals surface area contributed by atoms with Crippen LogP contribution >= 0.6 is 0 Å². The average molecular weight is 195 g/mol. The van der Waals surface area contributed by atoms with Crippen LogP contribution < -0.4 is 0 Å². The van der Waals surface area contributed by atoms with Crippen LogP contribution in [0, 0.1) is 11.3 Å². The second-order valence-electron chi connectivity index (χ2n) is 5.54. The van der Waals surface area contributed by atoms with Gasteiger partial charge in [-0.3, -0.25) is 0 Å². The van der Waals surface area contributed by atoms with Gasteiger partial charge in [-0.15, -0.1) is 0 Å². The summed E-state index contributed by atoms with van der Waals surface area (Å²) < 4.78 is 0. The largest absolute Gasteiger partial charge is 0.0875 e. The van der Waals surface area contributed by atoms with Crippen molar-refractivity contribution in [2.45, 2.75) is 58.9 Å². The molecule has 0 heterocycles. The topological polar surface area (TPSA) is 48.8 Å². The molecule has 0 aliphatic heterocycles. The molecule has 1 aliphatic carbocycles. The first-order valence-corrected chi connectivity index (χ1v) is 5.49. The quantitative estimate of drug-likeness (QED) is 0.358. The molecule has 0 saturated heterocycles. The van der Waals surface area contributed by atoms with Crippen LogP contribution in [0.15, 0.2) is 5.11 Å². The lowest BCUT2D eigenvalue weighted by Gasteiger charge is -2.45. The number of hydrogen-bond donors (Lipinski definition) is 0. The Kier molecular flexibility index (Phi) is 3.10. The highest BCUT2D eigenvalue weighted by molar-refractivity contribution is 4.97. The second kappa shape index (κ2) is 3.82. The van der Waals surface area contributed by atoms with Crippen molar-refractivity contribution in [2.24, 2.45) is 16.4 Å². The van der Waals surface area contributed by atoms with E-state index in [-0.39, 0.29) is 5.54 Å². The Labute approximate surface area is 86.5 Å². The fourth-order valence-electron chi connectivity index (χ4n) is 3.18. The molecule has 0 amide bonds. The Bertz CT molecular complexity index is 257. The first kappa shape index (κ1) is 11.4. The van der Waals surface area contributed by atoms with E-state index in [1.807, 2.05) is 0 Å². The van der Waals surface area contributed by atoms with Gasteiger partial charge >= 0.3 is 0 Å². The van der Waals surface area contributed by atoms with Gasteiger partial charge < -0.3 is 0 Å². The summed E-state index contributed by atoms with van der Waals surface area (Å²) in [6.07, 6.45) is 4.51. The van der Waals surface area contributed by atoms with Gasteiger partial charge in [0, 0.05) is 10.5 Å². The van der Waals surface area contributed by atoms with Crippen LogP contribution in [0.5, 0.6) is 0 Å². The normalized spacial score (nSPS) is 43.0. The van der Waals surface area contributed by atoms with Crippen LogP contribution in [0.3, 0.4) is 0 Å². The number of nitrogens with zero attached hydrogens (tertiary/aromatic N) is 3. The molecule has 1 rings (SSSR count). The SMILES string of the molecule is CC[C@@]1(C)C[C@H](C)C[C@](C)(N=[N+]=[N-])C1. The molecule has 0 N–H and O–H groups in total. The smallest absolute Gasteiger partial charge is 0.0467 e. The van der Waals surface area contributed by atoms with E-state index in [0.29, 0.717) is 11.3 Å². The van der Waals surface area contributed by atoms with E-state index in [1.165, 1.54) is 12.8 Å². The van der Waals surface area contributed by atoms with Crippen molar-refractivity contribution < 1.29 is 0 Å². The fraction of sp³-hybridized carbons (Fsp3) is 1.00. The van der Waals surface area contributed by atoms with E-state index < -0.39 is 0 Å². The molecule has 1 aliphatic rings. The fourth-order valence-corrected chi connectivity index (χ4v) is 3.18.